The summed E-state index contributed by atoms with van der Waals surface area (Å²) in [6, 6.07) is 6.17. The van der Waals surface area contributed by atoms with Crippen molar-refractivity contribution < 1.29 is 24.2 Å². The van der Waals surface area contributed by atoms with Gasteiger partial charge in [0.15, 0.2) is 12.2 Å². The Morgan fingerprint density at radius 2 is 1.83 bits per heavy atom. The first kappa shape index (κ1) is 22.0. The summed E-state index contributed by atoms with van der Waals surface area (Å²) in [7, 11) is 0. The van der Waals surface area contributed by atoms with Crippen LogP contribution >= 0.6 is 0 Å². The number of piperidine rings is 1. The van der Waals surface area contributed by atoms with Crippen molar-refractivity contribution in [1.29, 1.82) is 5.26 Å². The number of carbonyl (C=O) groups excluding carboxylic acids is 2. The van der Waals surface area contributed by atoms with Gasteiger partial charge in [-0.05, 0) is 49.8 Å². The molecule has 0 bridgehead atoms. The summed E-state index contributed by atoms with van der Waals surface area (Å²) in [5.41, 5.74) is 0.988. The van der Waals surface area contributed by atoms with Gasteiger partial charge in [0.05, 0.1) is 11.3 Å². The zero-order valence-electron chi connectivity index (χ0n) is 16.8. The average Bonchev–Trinajstić information content (AvgIpc) is 3.31. The molecule has 9 heteroatoms. The van der Waals surface area contributed by atoms with E-state index in [0.717, 1.165) is 25.7 Å². The van der Waals surface area contributed by atoms with Gasteiger partial charge in [0.2, 0.25) is 0 Å². The molecule has 2 saturated heterocycles. The maximum atomic E-state index is 13.3. The molecule has 0 aliphatic carbocycles. The fourth-order valence-corrected chi connectivity index (χ4v) is 4.00. The van der Waals surface area contributed by atoms with Gasteiger partial charge in [-0.3, -0.25) is 9.59 Å². The van der Waals surface area contributed by atoms with Crippen LogP contribution in [0.3, 0.4) is 0 Å². The number of nitriles is 1. The Bertz CT molecular complexity index is 814. The fraction of sp³-hybridized carbons (Fsp3) is 0.571. The third-order valence-corrected chi connectivity index (χ3v) is 5.84. The van der Waals surface area contributed by atoms with Crippen LogP contribution in [-0.2, 0) is 9.59 Å². The molecule has 2 aliphatic rings. The minimum absolute atomic E-state index is 0.162. The van der Waals surface area contributed by atoms with Gasteiger partial charge in [0.25, 0.3) is 11.8 Å². The van der Waals surface area contributed by atoms with Crippen LogP contribution in [0.1, 0.15) is 31.2 Å². The number of nitrogens with zero attached hydrogens (tertiary/aromatic N) is 3. The molecule has 2 atom stereocenters. The molecule has 2 fully saturated rings. The summed E-state index contributed by atoms with van der Waals surface area (Å²) in [5, 5.41) is 31.9. The second kappa shape index (κ2) is 9.87. The molecule has 2 heterocycles. The van der Waals surface area contributed by atoms with Gasteiger partial charge < -0.3 is 25.3 Å². The third kappa shape index (κ3) is 5.07. The molecule has 1 aromatic carbocycles. The lowest BCUT2D eigenvalue weighted by Gasteiger charge is -2.34. The van der Waals surface area contributed by atoms with Crippen molar-refractivity contribution in [1.82, 2.24) is 10.2 Å². The highest BCUT2D eigenvalue weighted by Gasteiger charge is 2.34. The van der Waals surface area contributed by atoms with Crippen molar-refractivity contribution in [2.75, 3.05) is 37.6 Å². The topological polar surface area (TPSA) is 117 Å². The molecule has 0 unspecified atom stereocenters. The molecule has 30 heavy (non-hydrogen) atoms. The predicted molar refractivity (Wildman–Crippen MR) is 107 cm³/mol. The second-order valence-electron chi connectivity index (χ2n) is 7.87. The molecule has 8 nitrogen and oxygen atoms in total. The number of nitrogens with one attached hydrogen (secondary N) is 1. The SMILES string of the molecule is N#Cc1cc(F)ccc1N1CCC(CNC(=O)[C@H](O)[C@@H](O)C(=O)N2CCCC2)CC1. The van der Waals surface area contributed by atoms with Gasteiger partial charge in [-0.15, -0.1) is 0 Å². The number of anilines is 1. The lowest BCUT2D eigenvalue weighted by atomic mass is 9.95. The lowest BCUT2D eigenvalue weighted by Crippen LogP contribution is -2.51. The Morgan fingerprint density at radius 3 is 2.47 bits per heavy atom. The van der Waals surface area contributed by atoms with Gasteiger partial charge in [-0.25, -0.2) is 4.39 Å². The van der Waals surface area contributed by atoms with E-state index in [1.54, 1.807) is 6.07 Å². The second-order valence-corrected chi connectivity index (χ2v) is 7.87. The van der Waals surface area contributed by atoms with E-state index in [1.165, 1.54) is 17.0 Å². The normalized spacial score (nSPS) is 19.3. The van der Waals surface area contributed by atoms with Gasteiger partial charge >= 0.3 is 0 Å². The molecule has 1 aromatic rings. The highest BCUT2D eigenvalue weighted by molar-refractivity contribution is 5.90. The summed E-state index contributed by atoms with van der Waals surface area (Å²) in [4.78, 5) is 27.8. The van der Waals surface area contributed by atoms with E-state index in [2.05, 4.69) is 5.32 Å². The maximum absolute atomic E-state index is 13.3. The molecule has 0 spiro atoms. The van der Waals surface area contributed by atoms with E-state index < -0.39 is 29.8 Å². The largest absolute Gasteiger partial charge is 0.380 e. The van der Waals surface area contributed by atoms with Crippen LogP contribution in [0.4, 0.5) is 10.1 Å². The zero-order valence-corrected chi connectivity index (χ0v) is 16.8. The minimum Gasteiger partial charge on any atom is -0.380 e. The molecule has 0 aromatic heterocycles. The number of benzene rings is 1. The molecule has 3 rings (SSSR count). The van der Waals surface area contributed by atoms with Crippen molar-refractivity contribution in [3.63, 3.8) is 0 Å². The Labute approximate surface area is 174 Å². The van der Waals surface area contributed by atoms with Crippen LogP contribution in [0.2, 0.25) is 0 Å². The number of carbonyl (C=O) groups is 2. The van der Waals surface area contributed by atoms with Gasteiger partial charge in [-0.1, -0.05) is 0 Å². The van der Waals surface area contributed by atoms with Crippen LogP contribution < -0.4 is 10.2 Å². The zero-order chi connectivity index (χ0) is 21.7. The Kier molecular flexibility index (Phi) is 7.24. The molecular formula is C21H27FN4O4. The predicted octanol–water partition coefficient (Wildman–Crippen LogP) is 0.374. The van der Waals surface area contributed by atoms with E-state index in [4.69, 9.17) is 0 Å². The van der Waals surface area contributed by atoms with Crippen LogP contribution in [0.25, 0.3) is 0 Å². The molecule has 2 amide bonds. The van der Waals surface area contributed by atoms with Crippen LogP contribution in [0, 0.1) is 23.1 Å². The maximum Gasteiger partial charge on any atom is 0.254 e. The number of halogens is 1. The number of hydrogen-bond donors (Lipinski definition) is 3. The number of rotatable bonds is 6. The standard InChI is InChI=1S/C21H27FN4O4/c22-16-3-4-17(15(11-16)12-23)25-9-5-14(6-10-25)13-24-20(29)18(27)19(28)21(30)26-7-1-2-8-26/h3-4,11,14,18-19,27-28H,1-2,5-10,13H2,(H,24,29)/t18-,19-/m1/s1. The van der Waals surface area contributed by atoms with Crippen LogP contribution in [0.15, 0.2) is 18.2 Å². The number of hydrogen-bond acceptors (Lipinski definition) is 6. The third-order valence-electron chi connectivity index (χ3n) is 5.84. The Morgan fingerprint density at radius 1 is 1.17 bits per heavy atom. The number of aliphatic hydroxyl groups is 2. The summed E-state index contributed by atoms with van der Waals surface area (Å²) < 4.78 is 13.3. The molecule has 2 aliphatic heterocycles. The molecule has 0 saturated carbocycles. The summed E-state index contributed by atoms with van der Waals surface area (Å²) in [6.45, 7) is 2.69. The van der Waals surface area contributed by atoms with Crippen molar-refractivity contribution in [3.8, 4) is 6.07 Å². The van der Waals surface area contributed by atoms with Crippen molar-refractivity contribution in [2.45, 2.75) is 37.9 Å². The van der Waals surface area contributed by atoms with E-state index in [-0.39, 0.29) is 5.92 Å². The number of aliphatic hydroxyl groups excluding tert-OH is 2. The monoisotopic (exact) mass is 418 g/mol. The summed E-state index contributed by atoms with van der Waals surface area (Å²) in [6.07, 6.45) is -0.356. The van der Waals surface area contributed by atoms with Crippen LogP contribution in [-0.4, -0.2) is 71.9 Å². The number of amides is 2. The minimum atomic E-state index is -1.80. The first-order chi connectivity index (χ1) is 14.4. The first-order valence-corrected chi connectivity index (χ1v) is 10.3. The summed E-state index contributed by atoms with van der Waals surface area (Å²) in [5.74, 6) is -1.66. The van der Waals surface area contributed by atoms with E-state index in [1.807, 2.05) is 11.0 Å². The van der Waals surface area contributed by atoms with Crippen molar-refractivity contribution in [3.05, 3.63) is 29.6 Å². The number of likely N-dealkylation sites (tertiary alicyclic amines) is 1. The lowest BCUT2D eigenvalue weighted by molar-refractivity contribution is -0.152. The molecule has 3 N–H and O–H groups in total. The van der Waals surface area contributed by atoms with E-state index >= 15 is 0 Å². The van der Waals surface area contributed by atoms with Crippen molar-refractivity contribution in [2.24, 2.45) is 5.92 Å². The Balaban J connectivity index is 1.45. The van der Waals surface area contributed by atoms with Crippen molar-refractivity contribution >= 4 is 17.5 Å². The highest BCUT2D eigenvalue weighted by atomic mass is 19.1. The van der Waals surface area contributed by atoms with Gasteiger partial charge in [0, 0.05) is 32.7 Å². The fourth-order valence-electron chi connectivity index (χ4n) is 4.00. The first-order valence-electron chi connectivity index (χ1n) is 10.3. The summed E-state index contributed by atoms with van der Waals surface area (Å²) >= 11 is 0. The Hall–Kier alpha value is -2.70. The van der Waals surface area contributed by atoms with Crippen LogP contribution in [0.5, 0.6) is 0 Å². The molecule has 162 valence electrons. The van der Waals surface area contributed by atoms with E-state index in [9.17, 15) is 29.5 Å². The average molecular weight is 418 g/mol. The molecule has 0 radical (unpaired) electrons. The van der Waals surface area contributed by atoms with Gasteiger partial charge in [-0.2, -0.15) is 5.26 Å². The highest BCUT2D eigenvalue weighted by Crippen LogP contribution is 2.26. The molecular weight excluding hydrogens is 391 g/mol. The quantitative estimate of drug-likeness (QED) is 0.615. The van der Waals surface area contributed by atoms with Gasteiger partial charge in [0.1, 0.15) is 11.9 Å². The smallest absolute Gasteiger partial charge is 0.254 e. The van der Waals surface area contributed by atoms with E-state index in [0.29, 0.717) is 44.0 Å².